The van der Waals surface area contributed by atoms with E-state index in [1.165, 1.54) is 12.1 Å². The van der Waals surface area contributed by atoms with E-state index in [0.29, 0.717) is 6.54 Å². The highest BCUT2D eigenvalue weighted by atomic mass is 16.7. The molecule has 0 saturated heterocycles. The molecule has 1 rings (SSSR count). The summed E-state index contributed by atoms with van der Waals surface area (Å²) >= 11 is 0. The Kier molecular flexibility index (Phi) is 3.84. The van der Waals surface area contributed by atoms with Crippen molar-refractivity contribution in [2.24, 2.45) is 5.84 Å². The van der Waals surface area contributed by atoms with Crippen molar-refractivity contribution in [1.82, 2.24) is 10.2 Å². The van der Waals surface area contributed by atoms with Crippen LogP contribution >= 0.6 is 0 Å². The Bertz CT molecular complexity index is 341. The van der Waals surface area contributed by atoms with Crippen LogP contribution in [-0.4, -0.2) is 10.5 Å². The number of hydrazine groups is 1. The minimum atomic E-state index is -0.453. The molecule has 0 amide bonds. The SMILES string of the molecule is NNOC(=O)CCn1ccc(=O)cc1. The number of carbonyl (C=O) groups excluding carboxylic acids is 1. The van der Waals surface area contributed by atoms with E-state index in [9.17, 15) is 9.59 Å². The van der Waals surface area contributed by atoms with Gasteiger partial charge < -0.3 is 9.40 Å². The van der Waals surface area contributed by atoms with Crippen LogP contribution in [0.4, 0.5) is 0 Å². The molecule has 0 radical (unpaired) electrons. The number of carbonyl (C=O) groups is 1. The van der Waals surface area contributed by atoms with Gasteiger partial charge >= 0.3 is 5.97 Å². The van der Waals surface area contributed by atoms with Gasteiger partial charge in [-0.05, 0) is 0 Å². The molecular weight excluding hydrogens is 186 g/mol. The molecule has 0 fully saturated rings. The van der Waals surface area contributed by atoms with Gasteiger partial charge in [-0.25, -0.2) is 5.84 Å². The van der Waals surface area contributed by atoms with Crippen LogP contribution in [0.25, 0.3) is 0 Å². The van der Waals surface area contributed by atoms with Crippen LogP contribution in [-0.2, 0) is 16.2 Å². The Morgan fingerprint density at radius 3 is 2.71 bits per heavy atom. The average Bonchev–Trinajstić information content (AvgIpc) is 2.17. The number of nitrogens with two attached hydrogens (primary N) is 1. The maximum atomic E-state index is 10.8. The molecule has 0 atom stereocenters. The Labute approximate surface area is 80.2 Å². The normalized spacial score (nSPS) is 9.79. The number of aryl methyl sites for hydroxylation is 1. The molecule has 0 unspecified atom stereocenters. The van der Waals surface area contributed by atoms with Gasteiger partial charge in [0.05, 0.1) is 6.42 Å². The molecular formula is C8H11N3O3. The third kappa shape index (κ3) is 3.38. The van der Waals surface area contributed by atoms with E-state index in [1.54, 1.807) is 22.5 Å². The van der Waals surface area contributed by atoms with E-state index in [2.05, 4.69) is 4.84 Å². The zero-order valence-corrected chi connectivity index (χ0v) is 7.47. The number of rotatable bonds is 4. The van der Waals surface area contributed by atoms with Crippen LogP contribution in [0, 0.1) is 0 Å². The summed E-state index contributed by atoms with van der Waals surface area (Å²) < 4.78 is 1.71. The summed E-state index contributed by atoms with van der Waals surface area (Å²) in [6, 6.07) is 2.85. The highest BCUT2D eigenvalue weighted by Gasteiger charge is 2.01. The van der Waals surface area contributed by atoms with Crippen LogP contribution in [0.15, 0.2) is 29.3 Å². The molecule has 14 heavy (non-hydrogen) atoms. The standard InChI is InChI=1S/C8H11N3O3/c9-10-14-8(13)3-6-11-4-1-7(12)2-5-11/h1-2,4-5,10H,3,6,9H2. The predicted molar refractivity (Wildman–Crippen MR) is 48.7 cm³/mol. The van der Waals surface area contributed by atoms with Crippen molar-refractivity contribution >= 4 is 5.97 Å². The van der Waals surface area contributed by atoms with E-state index in [0.717, 1.165) is 0 Å². The summed E-state index contributed by atoms with van der Waals surface area (Å²) in [6.07, 6.45) is 3.39. The molecule has 0 aromatic carbocycles. The minimum absolute atomic E-state index is 0.0625. The summed E-state index contributed by atoms with van der Waals surface area (Å²) in [5.41, 5.74) is 1.74. The second-order valence-corrected chi connectivity index (χ2v) is 2.61. The first kappa shape index (κ1) is 10.4. The number of nitrogens with one attached hydrogen (secondary N) is 1. The van der Waals surface area contributed by atoms with E-state index in [4.69, 9.17) is 5.84 Å². The topological polar surface area (TPSA) is 86.3 Å². The molecule has 1 heterocycles. The van der Waals surface area contributed by atoms with Gasteiger partial charge in [0.25, 0.3) is 0 Å². The van der Waals surface area contributed by atoms with Gasteiger partial charge in [0.15, 0.2) is 5.43 Å². The van der Waals surface area contributed by atoms with E-state index in [-0.39, 0.29) is 11.8 Å². The molecule has 6 heteroatoms. The fraction of sp³-hybridized carbons (Fsp3) is 0.250. The Morgan fingerprint density at radius 2 is 2.14 bits per heavy atom. The van der Waals surface area contributed by atoms with Crippen molar-refractivity contribution in [3.63, 3.8) is 0 Å². The first-order valence-electron chi connectivity index (χ1n) is 4.04. The van der Waals surface area contributed by atoms with Gasteiger partial charge in [0.2, 0.25) is 0 Å². The lowest BCUT2D eigenvalue weighted by molar-refractivity contribution is -0.151. The number of pyridine rings is 1. The first-order valence-corrected chi connectivity index (χ1v) is 4.04. The second kappa shape index (κ2) is 5.15. The molecule has 1 aromatic heterocycles. The van der Waals surface area contributed by atoms with Crippen LogP contribution in [0.1, 0.15) is 6.42 Å². The highest BCUT2D eigenvalue weighted by molar-refractivity contribution is 5.68. The lowest BCUT2D eigenvalue weighted by Crippen LogP contribution is -2.26. The molecule has 0 spiro atoms. The zero-order chi connectivity index (χ0) is 10.4. The number of nitrogens with zero attached hydrogens (tertiary/aromatic N) is 1. The number of hydrogen-bond donors (Lipinski definition) is 2. The largest absolute Gasteiger partial charge is 0.356 e. The number of aromatic nitrogens is 1. The molecule has 76 valence electrons. The van der Waals surface area contributed by atoms with E-state index < -0.39 is 5.97 Å². The van der Waals surface area contributed by atoms with Crippen LogP contribution in [0.5, 0.6) is 0 Å². The predicted octanol–water partition coefficient (Wildman–Crippen LogP) is -0.840. The summed E-state index contributed by atoms with van der Waals surface area (Å²) in [6.45, 7) is 0.445. The van der Waals surface area contributed by atoms with Crippen molar-refractivity contribution in [1.29, 1.82) is 0 Å². The van der Waals surface area contributed by atoms with Crippen LogP contribution < -0.4 is 16.9 Å². The Hall–Kier alpha value is -1.66. The van der Waals surface area contributed by atoms with Gasteiger partial charge in [-0.3, -0.25) is 9.59 Å². The maximum Gasteiger partial charge on any atom is 0.328 e. The van der Waals surface area contributed by atoms with Gasteiger partial charge in [-0.1, -0.05) is 5.59 Å². The van der Waals surface area contributed by atoms with Crippen molar-refractivity contribution < 1.29 is 9.63 Å². The highest BCUT2D eigenvalue weighted by Crippen LogP contribution is 1.90. The summed E-state index contributed by atoms with van der Waals surface area (Å²) in [5, 5.41) is 0. The summed E-state index contributed by atoms with van der Waals surface area (Å²) in [4.78, 5) is 25.9. The number of hydrogen-bond acceptors (Lipinski definition) is 5. The van der Waals surface area contributed by atoms with Gasteiger partial charge in [-0.15, -0.1) is 0 Å². The third-order valence-electron chi connectivity index (χ3n) is 1.61. The van der Waals surface area contributed by atoms with E-state index in [1.807, 2.05) is 0 Å². The van der Waals surface area contributed by atoms with Crippen LogP contribution in [0.2, 0.25) is 0 Å². The Morgan fingerprint density at radius 1 is 1.50 bits per heavy atom. The average molecular weight is 197 g/mol. The van der Waals surface area contributed by atoms with Crippen molar-refractivity contribution in [2.45, 2.75) is 13.0 Å². The molecule has 0 saturated carbocycles. The second-order valence-electron chi connectivity index (χ2n) is 2.61. The molecule has 0 bridgehead atoms. The molecule has 0 aliphatic heterocycles. The molecule has 0 aliphatic rings. The smallest absolute Gasteiger partial charge is 0.328 e. The van der Waals surface area contributed by atoms with Gasteiger partial charge in [-0.2, -0.15) is 0 Å². The maximum absolute atomic E-state index is 10.8. The fourth-order valence-electron chi connectivity index (χ4n) is 0.930. The summed E-state index contributed by atoms with van der Waals surface area (Å²) in [7, 11) is 0. The lowest BCUT2D eigenvalue weighted by Gasteiger charge is -2.04. The van der Waals surface area contributed by atoms with Gasteiger partial charge in [0, 0.05) is 31.1 Å². The van der Waals surface area contributed by atoms with Crippen LogP contribution in [0.3, 0.4) is 0 Å². The quantitative estimate of drug-likeness (QED) is 0.485. The molecule has 6 nitrogen and oxygen atoms in total. The molecule has 0 aliphatic carbocycles. The molecule has 1 aromatic rings. The summed E-state index contributed by atoms with van der Waals surface area (Å²) in [5.74, 6) is 4.32. The lowest BCUT2D eigenvalue weighted by atomic mass is 10.4. The van der Waals surface area contributed by atoms with E-state index >= 15 is 0 Å². The fourth-order valence-corrected chi connectivity index (χ4v) is 0.930. The third-order valence-corrected chi connectivity index (χ3v) is 1.61. The monoisotopic (exact) mass is 197 g/mol. The van der Waals surface area contributed by atoms with Crippen molar-refractivity contribution in [3.05, 3.63) is 34.7 Å². The Balaban J connectivity index is 2.42. The zero-order valence-electron chi connectivity index (χ0n) is 7.47. The minimum Gasteiger partial charge on any atom is -0.356 e. The molecule has 3 N–H and O–H groups in total. The van der Waals surface area contributed by atoms with Crippen molar-refractivity contribution in [2.75, 3.05) is 0 Å². The first-order chi connectivity index (χ1) is 6.72. The van der Waals surface area contributed by atoms with Gasteiger partial charge in [0.1, 0.15) is 0 Å². The van der Waals surface area contributed by atoms with Crippen molar-refractivity contribution in [3.8, 4) is 0 Å².